The molecule has 1 aromatic carbocycles. The molecule has 2 saturated heterocycles. The van der Waals surface area contributed by atoms with E-state index in [4.69, 9.17) is 0 Å². The van der Waals surface area contributed by atoms with E-state index in [2.05, 4.69) is 15.6 Å². The molecule has 8 nitrogen and oxygen atoms in total. The monoisotopic (exact) mass is 368 g/mol. The number of hydrogen-bond donors (Lipinski definition) is 1. The van der Waals surface area contributed by atoms with Gasteiger partial charge in [0.1, 0.15) is 0 Å². The van der Waals surface area contributed by atoms with Gasteiger partial charge in [-0.25, -0.2) is 9.48 Å². The Labute approximate surface area is 158 Å². The molecule has 0 unspecified atom stereocenters. The fraction of sp³-hybridized carbons (Fsp3) is 0.474. The number of likely N-dealkylation sites (tertiary alicyclic amines) is 2. The Morgan fingerprint density at radius 3 is 2.52 bits per heavy atom. The van der Waals surface area contributed by atoms with Gasteiger partial charge in [-0.05, 0) is 49.9 Å². The van der Waals surface area contributed by atoms with Crippen LogP contribution in [0.2, 0.25) is 0 Å². The minimum atomic E-state index is -0.122. The van der Waals surface area contributed by atoms with Crippen LogP contribution < -0.4 is 5.32 Å². The van der Waals surface area contributed by atoms with Gasteiger partial charge in [0.05, 0.1) is 12.2 Å². The van der Waals surface area contributed by atoms with Gasteiger partial charge >= 0.3 is 6.03 Å². The first-order chi connectivity index (χ1) is 13.0. The average Bonchev–Trinajstić information content (AvgIpc) is 3.28. The first kappa shape index (κ1) is 17.5. The van der Waals surface area contributed by atoms with Crippen LogP contribution in [0.15, 0.2) is 24.4 Å². The number of rotatable bonds is 3. The number of aromatic nitrogens is 3. The van der Waals surface area contributed by atoms with Gasteiger partial charge < -0.3 is 15.1 Å². The number of carbonyl (C=O) groups is 2. The van der Waals surface area contributed by atoms with Crippen molar-refractivity contribution in [2.75, 3.05) is 31.5 Å². The zero-order valence-corrected chi connectivity index (χ0v) is 15.7. The summed E-state index contributed by atoms with van der Waals surface area (Å²) in [6, 6.07) is 5.81. The third kappa shape index (κ3) is 3.51. The Balaban J connectivity index is 1.32. The lowest BCUT2D eigenvalue weighted by Crippen LogP contribution is -2.52. The molecule has 3 heterocycles. The standard InChI is InChI=1S/C19H24N6O2/c1-13-5-6-15(9-14(13)2)20-19(27)24-10-16(11-24)25-12-17(21-22-25)18(26)23-7-3-4-8-23/h5-6,9,12,16H,3-4,7-8,10-11H2,1-2H3,(H,20,27). The van der Waals surface area contributed by atoms with E-state index < -0.39 is 0 Å². The second-order valence-corrected chi connectivity index (χ2v) is 7.37. The smallest absolute Gasteiger partial charge is 0.321 e. The van der Waals surface area contributed by atoms with Crippen molar-refractivity contribution in [2.45, 2.75) is 32.7 Å². The third-order valence-corrected chi connectivity index (χ3v) is 5.40. The highest BCUT2D eigenvalue weighted by Crippen LogP contribution is 2.23. The summed E-state index contributed by atoms with van der Waals surface area (Å²) in [4.78, 5) is 28.3. The first-order valence-electron chi connectivity index (χ1n) is 9.35. The average molecular weight is 368 g/mol. The molecule has 1 aromatic heterocycles. The molecular formula is C19H24N6O2. The molecular weight excluding hydrogens is 344 g/mol. The zero-order chi connectivity index (χ0) is 19.0. The Bertz CT molecular complexity index is 865. The molecule has 2 aliphatic heterocycles. The van der Waals surface area contributed by atoms with E-state index in [1.807, 2.05) is 36.9 Å². The van der Waals surface area contributed by atoms with Gasteiger partial charge in [0, 0.05) is 31.9 Å². The summed E-state index contributed by atoms with van der Waals surface area (Å²) in [5.41, 5.74) is 3.52. The molecule has 0 saturated carbocycles. The first-order valence-corrected chi connectivity index (χ1v) is 9.35. The number of hydrogen-bond acceptors (Lipinski definition) is 4. The number of aryl methyl sites for hydroxylation is 2. The highest BCUT2D eigenvalue weighted by molar-refractivity contribution is 5.92. The maximum atomic E-state index is 12.4. The lowest BCUT2D eigenvalue weighted by molar-refractivity contribution is 0.0786. The summed E-state index contributed by atoms with van der Waals surface area (Å²) in [6.07, 6.45) is 3.80. The van der Waals surface area contributed by atoms with Gasteiger partial charge in [-0.1, -0.05) is 11.3 Å². The number of nitrogens with one attached hydrogen (secondary N) is 1. The topological polar surface area (TPSA) is 83.4 Å². The quantitative estimate of drug-likeness (QED) is 0.900. The van der Waals surface area contributed by atoms with Crippen molar-refractivity contribution in [3.05, 3.63) is 41.2 Å². The van der Waals surface area contributed by atoms with Crippen molar-refractivity contribution in [1.82, 2.24) is 24.8 Å². The molecule has 0 bridgehead atoms. The molecule has 27 heavy (non-hydrogen) atoms. The molecule has 1 N–H and O–H groups in total. The Morgan fingerprint density at radius 1 is 1.07 bits per heavy atom. The van der Waals surface area contributed by atoms with Crippen LogP contribution >= 0.6 is 0 Å². The van der Waals surface area contributed by atoms with Crippen LogP contribution in [0.3, 0.4) is 0 Å². The van der Waals surface area contributed by atoms with Crippen molar-refractivity contribution < 1.29 is 9.59 Å². The molecule has 2 aromatic rings. The van der Waals surface area contributed by atoms with Crippen molar-refractivity contribution in [3.8, 4) is 0 Å². The number of nitrogens with zero attached hydrogens (tertiary/aromatic N) is 5. The Morgan fingerprint density at radius 2 is 1.81 bits per heavy atom. The summed E-state index contributed by atoms with van der Waals surface area (Å²) in [7, 11) is 0. The van der Waals surface area contributed by atoms with Gasteiger partial charge in [0.2, 0.25) is 0 Å². The molecule has 0 radical (unpaired) electrons. The van der Waals surface area contributed by atoms with E-state index in [0.717, 1.165) is 37.2 Å². The molecule has 0 aliphatic carbocycles. The summed E-state index contributed by atoms with van der Waals surface area (Å²) in [5.74, 6) is -0.0533. The SMILES string of the molecule is Cc1ccc(NC(=O)N2CC(n3cc(C(=O)N4CCCC4)nn3)C2)cc1C. The van der Waals surface area contributed by atoms with Gasteiger partial charge in [0.25, 0.3) is 5.91 Å². The van der Waals surface area contributed by atoms with Gasteiger partial charge in [0.15, 0.2) is 5.69 Å². The van der Waals surface area contributed by atoms with Crippen LogP contribution in [-0.4, -0.2) is 62.9 Å². The lowest BCUT2D eigenvalue weighted by Gasteiger charge is -2.38. The predicted molar refractivity (Wildman–Crippen MR) is 101 cm³/mol. The molecule has 2 fully saturated rings. The molecule has 142 valence electrons. The molecule has 8 heteroatoms. The fourth-order valence-corrected chi connectivity index (χ4v) is 3.45. The van der Waals surface area contributed by atoms with Gasteiger partial charge in [-0.15, -0.1) is 5.10 Å². The lowest BCUT2D eigenvalue weighted by atomic mass is 10.1. The van der Waals surface area contributed by atoms with E-state index >= 15 is 0 Å². The van der Waals surface area contributed by atoms with E-state index in [1.54, 1.807) is 15.8 Å². The summed E-state index contributed by atoms with van der Waals surface area (Å²) >= 11 is 0. The van der Waals surface area contributed by atoms with Crippen molar-refractivity contribution >= 4 is 17.6 Å². The highest BCUT2D eigenvalue weighted by atomic mass is 16.2. The number of anilines is 1. The highest BCUT2D eigenvalue weighted by Gasteiger charge is 2.33. The Kier molecular flexibility index (Phi) is 4.55. The van der Waals surface area contributed by atoms with Crippen molar-refractivity contribution in [1.29, 1.82) is 0 Å². The van der Waals surface area contributed by atoms with E-state index in [-0.39, 0.29) is 18.0 Å². The molecule has 2 aliphatic rings. The number of urea groups is 1. The maximum absolute atomic E-state index is 12.4. The molecule has 0 atom stereocenters. The fourth-order valence-electron chi connectivity index (χ4n) is 3.45. The van der Waals surface area contributed by atoms with Crippen LogP contribution in [0.4, 0.5) is 10.5 Å². The maximum Gasteiger partial charge on any atom is 0.321 e. The van der Waals surface area contributed by atoms with Gasteiger partial charge in [-0.3, -0.25) is 4.79 Å². The molecule has 0 spiro atoms. The van der Waals surface area contributed by atoms with Crippen LogP contribution in [0, 0.1) is 13.8 Å². The normalized spacial score (nSPS) is 17.1. The summed E-state index contributed by atoms with van der Waals surface area (Å²) in [6.45, 7) is 6.76. The van der Waals surface area contributed by atoms with E-state index in [1.165, 1.54) is 5.56 Å². The minimum Gasteiger partial charge on any atom is -0.337 e. The number of benzene rings is 1. The predicted octanol–water partition coefficient (Wildman–Crippen LogP) is 2.22. The van der Waals surface area contributed by atoms with Crippen LogP contribution in [0.5, 0.6) is 0 Å². The Hall–Kier alpha value is -2.90. The molecule has 4 rings (SSSR count). The van der Waals surface area contributed by atoms with Crippen LogP contribution in [0.1, 0.15) is 40.5 Å². The van der Waals surface area contributed by atoms with Crippen LogP contribution in [0.25, 0.3) is 0 Å². The number of amides is 3. The minimum absolute atomic E-state index is 0.0533. The van der Waals surface area contributed by atoms with Crippen molar-refractivity contribution in [3.63, 3.8) is 0 Å². The zero-order valence-electron chi connectivity index (χ0n) is 15.7. The largest absolute Gasteiger partial charge is 0.337 e. The number of carbonyl (C=O) groups excluding carboxylic acids is 2. The molecule has 3 amide bonds. The summed E-state index contributed by atoms with van der Waals surface area (Å²) < 4.78 is 1.70. The van der Waals surface area contributed by atoms with E-state index in [9.17, 15) is 9.59 Å². The third-order valence-electron chi connectivity index (χ3n) is 5.40. The van der Waals surface area contributed by atoms with Gasteiger partial charge in [-0.2, -0.15) is 0 Å². The van der Waals surface area contributed by atoms with Crippen molar-refractivity contribution in [2.24, 2.45) is 0 Å². The second kappa shape index (κ2) is 7.02. The summed E-state index contributed by atoms with van der Waals surface area (Å²) in [5, 5.41) is 11.0. The second-order valence-electron chi connectivity index (χ2n) is 7.37. The van der Waals surface area contributed by atoms with Crippen LogP contribution in [-0.2, 0) is 0 Å². The van der Waals surface area contributed by atoms with E-state index in [0.29, 0.717) is 18.8 Å².